The van der Waals surface area contributed by atoms with Gasteiger partial charge in [0.05, 0.1) is 24.2 Å². The van der Waals surface area contributed by atoms with Gasteiger partial charge in [0, 0.05) is 17.2 Å². The molecule has 0 fully saturated rings. The first-order valence-electron chi connectivity index (χ1n) is 8.20. The van der Waals surface area contributed by atoms with Gasteiger partial charge in [-0.2, -0.15) is 5.10 Å². The summed E-state index contributed by atoms with van der Waals surface area (Å²) in [5.74, 6) is 0.813. The van der Waals surface area contributed by atoms with Crippen LogP contribution >= 0.6 is 0 Å². The van der Waals surface area contributed by atoms with Gasteiger partial charge >= 0.3 is 0 Å². The van der Waals surface area contributed by atoms with E-state index in [2.05, 4.69) is 30.3 Å². The van der Waals surface area contributed by atoms with E-state index in [4.69, 9.17) is 9.84 Å². The van der Waals surface area contributed by atoms with Crippen LogP contribution in [0.2, 0.25) is 0 Å². The Morgan fingerprint density at radius 3 is 2.08 bits per heavy atom. The molecular weight excluding hydrogens is 308 g/mol. The Labute approximate surface area is 147 Å². The monoisotopic (exact) mass is 326 g/mol. The third-order valence-corrected chi connectivity index (χ3v) is 4.15. The van der Waals surface area contributed by atoms with Gasteiger partial charge in [-0.25, -0.2) is 4.68 Å². The van der Waals surface area contributed by atoms with Crippen molar-refractivity contribution >= 4 is 0 Å². The summed E-state index contributed by atoms with van der Waals surface area (Å²) in [4.78, 5) is 0. The normalized spacial score (nSPS) is 10.6. The Morgan fingerprint density at radius 2 is 1.40 bits per heavy atom. The predicted molar refractivity (Wildman–Crippen MR) is 101 cm³/mol. The largest absolute Gasteiger partial charge is 0.497 e. The number of aromatic nitrogens is 2. The maximum atomic E-state index is 5.37. The summed E-state index contributed by atoms with van der Waals surface area (Å²) in [6.45, 7) is 0. The minimum absolute atomic E-state index is 0.813. The second-order valence-electron chi connectivity index (χ2n) is 5.76. The van der Waals surface area contributed by atoms with Gasteiger partial charge in [0.25, 0.3) is 0 Å². The van der Waals surface area contributed by atoms with Crippen LogP contribution in [0.25, 0.3) is 28.2 Å². The molecule has 0 bridgehead atoms. The van der Waals surface area contributed by atoms with Gasteiger partial charge in [0.1, 0.15) is 5.75 Å². The van der Waals surface area contributed by atoms with Crippen LogP contribution in [0.4, 0.5) is 0 Å². The van der Waals surface area contributed by atoms with Crippen molar-refractivity contribution in [1.29, 1.82) is 0 Å². The minimum atomic E-state index is 0.813. The molecule has 3 heteroatoms. The molecule has 0 saturated heterocycles. The summed E-state index contributed by atoms with van der Waals surface area (Å²) in [6, 6.07) is 30.6. The molecule has 122 valence electrons. The Hall–Kier alpha value is -3.33. The second kappa shape index (κ2) is 6.65. The zero-order valence-corrected chi connectivity index (χ0v) is 14.0. The Balaban J connectivity index is 1.91. The fourth-order valence-corrected chi connectivity index (χ4v) is 2.88. The molecule has 1 aromatic heterocycles. The van der Waals surface area contributed by atoms with Crippen molar-refractivity contribution in [3.63, 3.8) is 0 Å². The summed E-state index contributed by atoms with van der Waals surface area (Å²) >= 11 is 0. The van der Waals surface area contributed by atoms with Crippen molar-refractivity contribution in [3.05, 3.63) is 91.0 Å². The second-order valence-corrected chi connectivity index (χ2v) is 5.76. The van der Waals surface area contributed by atoms with Gasteiger partial charge in [0.2, 0.25) is 0 Å². The van der Waals surface area contributed by atoms with E-state index in [-0.39, 0.29) is 0 Å². The summed E-state index contributed by atoms with van der Waals surface area (Å²) in [5, 5.41) is 4.86. The predicted octanol–water partition coefficient (Wildman–Crippen LogP) is 5.21. The molecule has 0 N–H and O–H groups in total. The first-order chi connectivity index (χ1) is 12.3. The third-order valence-electron chi connectivity index (χ3n) is 4.15. The molecule has 0 saturated carbocycles. The van der Waals surface area contributed by atoms with E-state index in [9.17, 15) is 0 Å². The lowest BCUT2D eigenvalue weighted by atomic mass is 10.1. The molecule has 4 aromatic rings. The average Bonchev–Trinajstić information content (AvgIpc) is 3.15. The summed E-state index contributed by atoms with van der Waals surface area (Å²) < 4.78 is 7.34. The standard InChI is InChI=1S/C22H18N2O/c1-25-20-14-8-13-19(15-20)24-22(18-11-6-3-7-12-18)16-21(23-24)17-9-4-2-5-10-17/h2-16H,1H3. The van der Waals surface area contributed by atoms with Crippen molar-refractivity contribution in [2.45, 2.75) is 0 Å². The van der Waals surface area contributed by atoms with Crippen LogP contribution in [0.15, 0.2) is 91.0 Å². The molecule has 0 spiro atoms. The van der Waals surface area contributed by atoms with Crippen LogP contribution in [0, 0.1) is 0 Å². The van der Waals surface area contributed by atoms with E-state index in [0.29, 0.717) is 0 Å². The number of ether oxygens (including phenoxy) is 1. The van der Waals surface area contributed by atoms with Gasteiger partial charge in [-0.05, 0) is 18.2 Å². The fraction of sp³-hybridized carbons (Fsp3) is 0.0455. The highest BCUT2D eigenvalue weighted by molar-refractivity contribution is 5.70. The first-order valence-corrected chi connectivity index (χ1v) is 8.20. The number of hydrogen-bond acceptors (Lipinski definition) is 2. The highest BCUT2D eigenvalue weighted by atomic mass is 16.5. The lowest BCUT2D eigenvalue weighted by Gasteiger charge is -2.09. The van der Waals surface area contributed by atoms with Crippen LogP contribution in [-0.2, 0) is 0 Å². The summed E-state index contributed by atoms with van der Waals surface area (Å²) in [7, 11) is 1.68. The zero-order valence-electron chi connectivity index (χ0n) is 14.0. The smallest absolute Gasteiger partial charge is 0.121 e. The van der Waals surface area contributed by atoms with Gasteiger partial charge in [-0.15, -0.1) is 0 Å². The molecule has 0 aliphatic heterocycles. The molecule has 3 aromatic carbocycles. The molecule has 1 heterocycles. The lowest BCUT2D eigenvalue weighted by molar-refractivity contribution is 0.414. The van der Waals surface area contributed by atoms with E-state index in [0.717, 1.165) is 34.0 Å². The molecule has 0 radical (unpaired) electrons. The minimum Gasteiger partial charge on any atom is -0.497 e. The maximum absolute atomic E-state index is 5.37. The zero-order chi connectivity index (χ0) is 17.1. The van der Waals surface area contributed by atoms with E-state index in [1.165, 1.54) is 0 Å². The van der Waals surface area contributed by atoms with Crippen molar-refractivity contribution in [3.8, 4) is 34.0 Å². The van der Waals surface area contributed by atoms with Crippen molar-refractivity contribution in [2.24, 2.45) is 0 Å². The van der Waals surface area contributed by atoms with Gasteiger partial charge in [-0.1, -0.05) is 66.7 Å². The molecule has 3 nitrogen and oxygen atoms in total. The van der Waals surface area contributed by atoms with E-state index < -0.39 is 0 Å². The molecular formula is C22H18N2O. The van der Waals surface area contributed by atoms with Crippen LogP contribution in [0.5, 0.6) is 5.75 Å². The average molecular weight is 326 g/mol. The van der Waals surface area contributed by atoms with Crippen molar-refractivity contribution < 1.29 is 4.74 Å². The van der Waals surface area contributed by atoms with Gasteiger partial charge in [-0.3, -0.25) is 0 Å². The van der Waals surface area contributed by atoms with Gasteiger partial charge in [0.15, 0.2) is 0 Å². The summed E-state index contributed by atoms with van der Waals surface area (Å²) in [6.07, 6.45) is 0. The molecule has 0 atom stereocenters. The number of nitrogens with zero attached hydrogens (tertiary/aromatic N) is 2. The van der Waals surface area contributed by atoms with Crippen LogP contribution in [0.3, 0.4) is 0 Å². The Bertz CT molecular complexity index is 975. The SMILES string of the molecule is COc1cccc(-n2nc(-c3ccccc3)cc2-c2ccccc2)c1. The quantitative estimate of drug-likeness (QED) is 0.514. The molecule has 0 aliphatic carbocycles. The maximum Gasteiger partial charge on any atom is 0.121 e. The lowest BCUT2D eigenvalue weighted by Crippen LogP contribution is -1.99. The fourth-order valence-electron chi connectivity index (χ4n) is 2.88. The van der Waals surface area contributed by atoms with E-state index >= 15 is 0 Å². The molecule has 0 amide bonds. The number of benzene rings is 3. The first kappa shape index (κ1) is 15.2. The van der Waals surface area contributed by atoms with E-state index in [1.807, 2.05) is 65.3 Å². The van der Waals surface area contributed by atoms with Crippen LogP contribution in [-0.4, -0.2) is 16.9 Å². The molecule has 0 aliphatic rings. The topological polar surface area (TPSA) is 27.1 Å². The molecule has 4 rings (SSSR count). The highest BCUT2D eigenvalue weighted by Gasteiger charge is 2.13. The Kier molecular flexibility index (Phi) is 4.05. The van der Waals surface area contributed by atoms with Crippen LogP contribution in [0.1, 0.15) is 0 Å². The number of rotatable bonds is 4. The van der Waals surface area contributed by atoms with Crippen molar-refractivity contribution in [1.82, 2.24) is 9.78 Å². The summed E-state index contributed by atoms with van der Waals surface area (Å²) in [5.41, 5.74) is 5.19. The van der Waals surface area contributed by atoms with Gasteiger partial charge < -0.3 is 4.74 Å². The number of methoxy groups -OCH3 is 1. The van der Waals surface area contributed by atoms with Crippen molar-refractivity contribution in [2.75, 3.05) is 7.11 Å². The molecule has 25 heavy (non-hydrogen) atoms. The number of hydrogen-bond donors (Lipinski definition) is 0. The van der Waals surface area contributed by atoms with Crippen LogP contribution < -0.4 is 4.74 Å². The Morgan fingerprint density at radius 1 is 0.720 bits per heavy atom. The third kappa shape index (κ3) is 3.04. The molecule has 0 unspecified atom stereocenters. The van der Waals surface area contributed by atoms with E-state index in [1.54, 1.807) is 7.11 Å². The highest BCUT2D eigenvalue weighted by Crippen LogP contribution is 2.29.